The van der Waals surface area contributed by atoms with E-state index in [0.29, 0.717) is 17.6 Å². The molecule has 2 aromatic rings. The molecule has 3 rings (SSSR count). The van der Waals surface area contributed by atoms with Crippen molar-refractivity contribution >= 4 is 41.7 Å². The molecule has 140 valence electrons. The molecule has 1 aliphatic rings. The molecule has 1 heterocycles. The molecule has 6 nitrogen and oxygen atoms in total. The van der Waals surface area contributed by atoms with E-state index in [1.54, 1.807) is 12.1 Å². The molecule has 2 aromatic carbocycles. The lowest BCUT2D eigenvalue weighted by Gasteiger charge is -2.26. The van der Waals surface area contributed by atoms with Crippen LogP contribution in [0.4, 0.5) is 5.69 Å². The second-order valence-electron chi connectivity index (χ2n) is 6.06. The monoisotopic (exact) mass is 458 g/mol. The molecule has 0 unspecified atom stereocenters. The fraction of sp³-hybridized carbons (Fsp3) is 0.294. The first-order valence-corrected chi connectivity index (χ1v) is 11.9. The highest BCUT2D eigenvalue weighted by atomic mass is 79.9. The zero-order valence-electron chi connectivity index (χ0n) is 13.9. The van der Waals surface area contributed by atoms with E-state index >= 15 is 0 Å². The van der Waals surface area contributed by atoms with Crippen LogP contribution in [0.1, 0.15) is 19.3 Å². The van der Waals surface area contributed by atoms with Crippen molar-refractivity contribution in [3.05, 3.63) is 53.0 Å². The number of benzene rings is 2. The second-order valence-corrected chi connectivity index (χ2v) is 10.6. The lowest BCUT2D eigenvalue weighted by Crippen LogP contribution is -2.35. The third-order valence-electron chi connectivity index (χ3n) is 4.15. The van der Waals surface area contributed by atoms with Crippen LogP contribution in [0, 0.1) is 0 Å². The summed E-state index contributed by atoms with van der Waals surface area (Å²) < 4.78 is 55.1. The predicted molar refractivity (Wildman–Crippen MR) is 104 cm³/mol. The zero-order valence-corrected chi connectivity index (χ0v) is 17.1. The molecular weight excluding hydrogens is 440 g/mol. The van der Waals surface area contributed by atoms with Gasteiger partial charge in [-0.3, -0.25) is 4.72 Å². The molecular formula is C17H19BrN2O4S2. The van der Waals surface area contributed by atoms with Crippen LogP contribution in [-0.4, -0.2) is 34.2 Å². The third kappa shape index (κ3) is 4.28. The summed E-state index contributed by atoms with van der Waals surface area (Å²) >= 11 is 3.24. The second kappa shape index (κ2) is 7.67. The summed E-state index contributed by atoms with van der Waals surface area (Å²) in [7, 11) is -7.43. The average Bonchev–Trinajstić information content (AvgIpc) is 2.62. The molecule has 1 fully saturated rings. The molecule has 1 N–H and O–H groups in total. The topological polar surface area (TPSA) is 83.5 Å². The number of rotatable bonds is 5. The molecule has 1 saturated heterocycles. The van der Waals surface area contributed by atoms with E-state index < -0.39 is 20.0 Å². The van der Waals surface area contributed by atoms with Gasteiger partial charge >= 0.3 is 0 Å². The molecule has 9 heteroatoms. The van der Waals surface area contributed by atoms with Crippen LogP contribution in [0.3, 0.4) is 0 Å². The number of piperidine rings is 1. The van der Waals surface area contributed by atoms with Gasteiger partial charge in [-0.25, -0.2) is 16.8 Å². The number of halogens is 1. The normalized spacial score (nSPS) is 16.3. The Kier molecular flexibility index (Phi) is 5.71. The highest BCUT2D eigenvalue weighted by molar-refractivity contribution is 9.10. The molecule has 0 saturated carbocycles. The maximum Gasteiger partial charge on any atom is 0.261 e. The Morgan fingerprint density at radius 1 is 0.846 bits per heavy atom. The number of anilines is 1. The molecule has 0 spiro atoms. The molecule has 0 bridgehead atoms. The van der Waals surface area contributed by atoms with Crippen molar-refractivity contribution < 1.29 is 16.8 Å². The summed E-state index contributed by atoms with van der Waals surface area (Å²) in [5.74, 6) is 0. The molecule has 0 atom stereocenters. The molecule has 1 aliphatic heterocycles. The lowest BCUT2D eigenvalue weighted by atomic mass is 10.2. The van der Waals surface area contributed by atoms with Gasteiger partial charge in [-0.1, -0.05) is 34.5 Å². The number of hydrogen-bond donors (Lipinski definition) is 1. The largest absolute Gasteiger partial charge is 0.280 e. The summed E-state index contributed by atoms with van der Waals surface area (Å²) in [6.45, 7) is 0.993. The Morgan fingerprint density at radius 3 is 2.19 bits per heavy atom. The SMILES string of the molecule is O=S(=O)(Nc1cccc(S(=O)(=O)N2CCCCC2)c1)c1cccc(Br)c1. The maximum atomic E-state index is 12.8. The standard InChI is InChI=1S/C17H19BrN2O4S2/c18-14-6-4-8-16(12-14)25(21,22)19-15-7-5-9-17(13-15)26(23,24)20-10-2-1-3-11-20/h4-9,12-13,19H,1-3,10-11H2. The zero-order chi connectivity index (χ0) is 18.8. The van der Waals surface area contributed by atoms with Gasteiger partial charge in [-0.2, -0.15) is 4.31 Å². The Morgan fingerprint density at radius 2 is 1.50 bits per heavy atom. The van der Waals surface area contributed by atoms with Gasteiger partial charge in [-0.05, 0) is 49.2 Å². The first-order valence-electron chi connectivity index (χ1n) is 8.18. The average molecular weight is 459 g/mol. The summed E-state index contributed by atoms with van der Waals surface area (Å²) in [5.41, 5.74) is 0.211. The van der Waals surface area contributed by atoms with Gasteiger partial charge in [0.15, 0.2) is 0 Å². The Hall–Kier alpha value is -1.42. The van der Waals surface area contributed by atoms with Crippen LogP contribution in [0.25, 0.3) is 0 Å². The van der Waals surface area contributed by atoms with E-state index in [1.807, 2.05) is 0 Å². The highest BCUT2D eigenvalue weighted by Crippen LogP contribution is 2.25. The number of sulfonamides is 2. The molecule has 0 aromatic heterocycles. The Labute approximate surface area is 162 Å². The van der Waals surface area contributed by atoms with Gasteiger partial charge in [0.25, 0.3) is 10.0 Å². The van der Waals surface area contributed by atoms with Gasteiger partial charge in [-0.15, -0.1) is 0 Å². The molecule has 0 aliphatic carbocycles. The van der Waals surface area contributed by atoms with Gasteiger partial charge in [0, 0.05) is 17.6 Å². The van der Waals surface area contributed by atoms with Gasteiger partial charge in [0.1, 0.15) is 0 Å². The summed E-state index contributed by atoms with van der Waals surface area (Å²) in [6.07, 6.45) is 2.71. The Balaban J connectivity index is 1.88. The third-order valence-corrected chi connectivity index (χ3v) is 7.91. The van der Waals surface area contributed by atoms with Crippen molar-refractivity contribution in [2.75, 3.05) is 17.8 Å². The first kappa shape index (κ1) is 19.3. The molecule has 26 heavy (non-hydrogen) atoms. The molecule has 0 amide bonds. The fourth-order valence-electron chi connectivity index (χ4n) is 2.82. The minimum absolute atomic E-state index is 0.0915. The van der Waals surface area contributed by atoms with Gasteiger partial charge < -0.3 is 0 Å². The summed E-state index contributed by atoms with van der Waals surface area (Å²) in [5, 5.41) is 0. The summed E-state index contributed by atoms with van der Waals surface area (Å²) in [6, 6.07) is 12.2. The summed E-state index contributed by atoms with van der Waals surface area (Å²) in [4.78, 5) is 0.185. The van der Waals surface area contributed by atoms with Crippen molar-refractivity contribution in [1.29, 1.82) is 0 Å². The van der Waals surface area contributed by atoms with Crippen molar-refractivity contribution in [2.24, 2.45) is 0 Å². The minimum atomic E-state index is -3.81. The van der Waals surface area contributed by atoms with E-state index in [0.717, 1.165) is 19.3 Å². The number of nitrogens with zero attached hydrogens (tertiary/aromatic N) is 1. The van der Waals surface area contributed by atoms with E-state index in [4.69, 9.17) is 0 Å². The number of hydrogen-bond acceptors (Lipinski definition) is 4. The van der Waals surface area contributed by atoms with Crippen molar-refractivity contribution in [3.8, 4) is 0 Å². The fourth-order valence-corrected chi connectivity index (χ4v) is 6.03. The van der Waals surface area contributed by atoms with Gasteiger partial charge in [0.2, 0.25) is 10.0 Å². The van der Waals surface area contributed by atoms with Gasteiger partial charge in [0.05, 0.1) is 15.5 Å². The predicted octanol–water partition coefficient (Wildman–Crippen LogP) is 3.42. The van der Waals surface area contributed by atoms with Crippen LogP contribution in [-0.2, 0) is 20.0 Å². The van der Waals surface area contributed by atoms with E-state index in [9.17, 15) is 16.8 Å². The van der Waals surface area contributed by atoms with E-state index in [1.165, 1.54) is 40.7 Å². The Bertz CT molecular complexity index is 1000. The van der Waals surface area contributed by atoms with Crippen LogP contribution >= 0.6 is 15.9 Å². The van der Waals surface area contributed by atoms with Crippen LogP contribution in [0.15, 0.2) is 62.8 Å². The van der Waals surface area contributed by atoms with Crippen molar-refractivity contribution in [1.82, 2.24) is 4.31 Å². The molecule has 0 radical (unpaired) electrons. The smallest absolute Gasteiger partial charge is 0.261 e. The maximum absolute atomic E-state index is 12.8. The van der Waals surface area contributed by atoms with Crippen molar-refractivity contribution in [2.45, 2.75) is 29.1 Å². The van der Waals surface area contributed by atoms with E-state index in [2.05, 4.69) is 20.7 Å². The van der Waals surface area contributed by atoms with Crippen LogP contribution < -0.4 is 4.72 Å². The first-order chi connectivity index (χ1) is 12.3. The lowest BCUT2D eigenvalue weighted by molar-refractivity contribution is 0.346. The minimum Gasteiger partial charge on any atom is -0.280 e. The van der Waals surface area contributed by atoms with E-state index in [-0.39, 0.29) is 15.5 Å². The highest BCUT2D eigenvalue weighted by Gasteiger charge is 2.26. The van der Waals surface area contributed by atoms with Crippen LogP contribution in [0.5, 0.6) is 0 Å². The number of nitrogens with one attached hydrogen (secondary N) is 1. The van der Waals surface area contributed by atoms with Crippen molar-refractivity contribution in [3.63, 3.8) is 0 Å². The quantitative estimate of drug-likeness (QED) is 0.743. The van der Waals surface area contributed by atoms with Crippen LogP contribution in [0.2, 0.25) is 0 Å².